The Balaban J connectivity index is 1.05. The van der Waals surface area contributed by atoms with Crippen LogP contribution < -0.4 is 0 Å². The van der Waals surface area contributed by atoms with Crippen LogP contribution in [-0.2, 0) is 5.41 Å². The summed E-state index contributed by atoms with van der Waals surface area (Å²) < 4.78 is 0. The van der Waals surface area contributed by atoms with Crippen molar-refractivity contribution in [1.82, 2.24) is 0 Å². The second kappa shape index (κ2) is 13.6. The molecule has 0 saturated heterocycles. The van der Waals surface area contributed by atoms with E-state index in [0.29, 0.717) is 0 Å². The molecule has 12 aromatic rings. The highest BCUT2D eigenvalue weighted by atomic mass is 14.4. The van der Waals surface area contributed by atoms with Gasteiger partial charge in [-0.2, -0.15) is 0 Å². The summed E-state index contributed by atoms with van der Waals surface area (Å²) in [7, 11) is 0. The van der Waals surface area contributed by atoms with Gasteiger partial charge in [-0.1, -0.05) is 202 Å². The molecular weight excluding hydrogens is 757 g/mol. The van der Waals surface area contributed by atoms with Crippen LogP contribution in [0.15, 0.2) is 218 Å². The normalized spacial score (nSPS) is 13.0. The van der Waals surface area contributed by atoms with Crippen molar-refractivity contribution in [1.29, 1.82) is 0 Å². The third-order valence-electron chi connectivity index (χ3n) is 14.2. The number of fused-ring (bicyclic) bond motifs is 9. The quantitative estimate of drug-likeness (QED) is 0.156. The van der Waals surface area contributed by atoms with Gasteiger partial charge in [-0.15, -0.1) is 0 Å². The van der Waals surface area contributed by atoms with Crippen LogP contribution in [-0.4, -0.2) is 0 Å². The summed E-state index contributed by atoms with van der Waals surface area (Å²) >= 11 is 0. The van der Waals surface area contributed by atoms with Gasteiger partial charge in [0, 0.05) is 5.41 Å². The monoisotopic (exact) mass is 798 g/mol. The Morgan fingerprint density at radius 1 is 0.238 bits per heavy atom. The largest absolute Gasteiger partial charge is 0.0616 e. The Bertz CT molecular complexity index is 3870. The lowest BCUT2D eigenvalue weighted by atomic mass is 9.79. The molecule has 0 unspecified atom stereocenters. The molecule has 1 aliphatic rings. The zero-order chi connectivity index (χ0) is 41.8. The van der Waals surface area contributed by atoms with Gasteiger partial charge in [-0.25, -0.2) is 0 Å². The number of benzene rings is 12. The van der Waals surface area contributed by atoms with Crippen LogP contribution in [0, 0.1) is 0 Å². The summed E-state index contributed by atoms with van der Waals surface area (Å²) in [5.74, 6) is 0. The van der Waals surface area contributed by atoms with Crippen molar-refractivity contribution < 1.29 is 0 Å². The minimum absolute atomic E-state index is 0.233. The Morgan fingerprint density at radius 2 is 0.683 bits per heavy atom. The molecule has 0 saturated carbocycles. The minimum atomic E-state index is -0.233. The van der Waals surface area contributed by atoms with Crippen molar-refractivity contribution in [3.8, 4) is 55.6 Å². The molecule has 63 heavy (non-hydrogen) atoms. The zero-order valence-corrected chi connectivity index (χ0v) is 35.3. The van der Waals surface area contributed by atoms with Crippen molar-refractivity contribution in [2.75, 3.05) is 0 Å². The smallest absolute Gasteiger partial charge is 0.0159 e. The van der Waals surface area contributed by atoms with E-state index in [0.717, 1.165) is 0 Å². The van der Waals surface area contributed by atoms with Gasteiger partial charge in [-0.3, -0.25) is 0 Å². The average Bonchev–Trinajstić information content (AvgIpc) is 3.55. The van der Waals surface area contributed by atoms with E-state index >= 15 is 0 Å². The number of rotatable bonds is 4. The molecule has 0 aliphatic heterocycles. The summed E-state index contributed by atoms with van der Waals surface area (Å²) in [5.41, 5.74) is 15.3. The highest BCUT2D eigenvalue weighted by Gasteiger charge is 2.37. The second-order valence-electron chi connectivity index (χ2n) is 18.0. The molecule has 0 spiro atoms. The first kappa shape index (κ1) is 35.9. The third-order valence-corrected chi connectivity index (χ3v) is 14.2. The first-order chi connectivity index (χ1) is 31.0. The molecule has 0 atom stereocenters. The lowest BCUT2D eigenvalue weighted by molar-refractivity contribution is 0.661. The summed E-state index contributed by atoms with van der Waals surface area (Å²) in [6, 6.07) is 81.9. The van der Waals surface area contributed by atoms with Crippen LogP contribution in [0.25, 0.3) is 120 Å². The lowest BCUT2D eigenvalue weighted by Crippen LogP contribution is -2.15. The van der Waals surface area contributed by atoms with Gasteiger partial charge < -0.3 is 0 Å². The van der Waals surface area contributed by atoms with Gasteiger partial charge in [0.05, 0.1) is 0 Å². The Kier molecular flexibility index (Phi) is 7.75. The maximum Gasteiger partial charge on any atom is 0.0159 e. The molecule has 0 amide bonds. The van der Waals surface area contributed by atoms with Crippen LogP contribution in [0.3, 0.4) is 0 Å². The SMILES string of the molecule is CC1(C)c2cc(-c3ccc(-c4cccc5ccccc45)c4ccccc34)ccc2-c2cc3c(-c4ccc5ccccc5c4)c4ccccc4c(-c4ccc5ccccc5c4)c3cc21. The van der Waals surface area contributed by atoms with Gasteiger partial charge in [0.1, 0.15) is 0 Å². The molecule has 0 nitrogen and oxygen atoms in total. The molecule has 0 aromatic heterocycles. The lowest BCUT2D eigenvalue weighted by Gasteiger charge is -2.24. The highest BCUT2D eigenvalue weighted by Crippen LogP contribution is 2.54. The predicted octanol–water partition coefficient (Wildman–Crippen LogP) is 17.6. The van der Waals surface area contributed by atoms with E-state index in [2.05, 4.69) is 232 Å². The van der Waals surface area contributed by atoms with Crippen LogP contribution in [0.2, 0.25) is 0 Å². The molecule has 13 rings (SSSR count). The molecule has 1 aliphatic carbocycles. The van der Waals surface area contributed by atoms with E-state index in [9.17, 15) is 0 Å². The highest BCUT2D eigenvalue weighted by molar-refractivity contribution is 6.23. The molecule has 12 aromatic carbocycles. The Morgan fingerprint density at radius 3 is 1.33 bits per heavy atom. The predicted molar refractivity (Wildman–Crippen MR) is 271 cm³/mol. The van der Waals surface area contributed by atoms with E-state index < -0.39 is 0 Å². The Hall–Kier alpha value is -7.80. The van der Waals surface area contributed by atoms with E-state index in [1.165, 1.54) is 131 Å². The Labute approximate surface area is 367 Å². The van der Waals surface area contributed by atoms with Gasteiger partial charge in [0.25, 0.3) is 0 Å². The topological polar surface area (TPSA) is 0 Å². The second-order valence-corrected chi connectivity index (χ2v) is 18.0. The van der Waals surface area contributed by atoms with Gasteiger partial charge in [-0.05, 0) is 162 Å². The van der Waals surface area contributed by atoms with Gasteiger partial charge in [0.15, 0.2) is 0 Å². The molecule has 0 radical (unpaired) electrons. The molecule has 0 fully saturated rings. The fourth-order valence-electron chi connectivity index (χ4n) is 11.1. The van der Waals surface area contributed by atoms with E-state index in [1.807, 2.05) is 0 Å². The summed E-state index contributed by atoms with van der Waals surface area (Å²) in [6.45, 7) is 4.85. The minimum Gasteiger partial charge on any atom is -0.0616 e. The molecule has 0 bridgehead atoms. The molecular formula is C63H42. The summed E-state index contributed by atoms with van der Waals surface area (Å²) in [5, 5.41) is 15.2. The molecule has 0 N–H and O–H groups in total. The van der Waals surface area contributed by atoms with E-state index in [1.54, 1.807) is 0 Å². The summed E-state index contributed by atoms with van der Waals surface area (Å²) in [4.78, 5) is 0. The van der Waals surface area contributed by atoms with Crippen molar-refractivity contribution in [2.45, 2.75) is 19.3 Å². The van der Waals surface area contributed by atoms with Crippen LogP contribution in [0.5, 0.6) is 0 Å². The zero-order valence-electron chi connectivity index (χ0n) is 35.3. The molecule has 0 heterocycles. The van der Waals surface area contributed by atoms with Crippen LogP contribution in [0.1, 0.15) is 25.0 Å². The van der Waals surface area contributed by atoms with Crippen molar-refractivity contribution in [3.63, 3.8) is 0 Å². The number of hydrogen-bond acceptors (Lipinski definition) is 0. The fraction of sp³-hybridized carbons (Fsp3) is 0.0476. The van der Waals surface area contributed by atoms with Gasteiger partial charge >= 0.3 is 0 Å². The van der Waals surface area contributed by atoms with E-state index in [4.69, 9.17) is 0 Å². The van der Waals surface area contributed by atoms with E-state index in [-0.39, 0.29) is 5.41 Å². The van der Waals surface area contributed by atoms with Crippen molar-refractivity contribution >= 4 is 64.6 Å². The number of hydrogen-bond donors (Lipinski definition) is 0. The summed E-state index contributed by atoms with van der Waals surface area (Å²) in [6.07, 6.45) is 0. The average molecular weight is 799 g/mol. The first-order valence-electron chi connectivity index (χ1n) is 22.2. The maximum absolute atomic E-state index is 2.56. The van der Waals surface area contributed by atoms with Crippen LogP contribution in [0.4, 0.5) is 0 Å². The third kappa shape index (κ3) is 5.41. The van der Waals surface area contributed by atoms with Crippen LogP contribution >= 0.6 is 0 Å². The van der Waals surface area contributed by atoms with Crippen molar-refractivity contribution in [3.05, 3.63) is 230 Å². The molecule has 0 heteroatoms. The first-order valence-corrected chi connectivity index (χ1v) is 22.2. The van der Waals surface area contributed by atoms with Crippen molar-refractivity contribution in [2.24, 2.45) is 0 Å². The maximum atomic E-state index is 2.56. The van der Waals surface area contributed by atoms with Gasteiger partial charge in [0.2, 0.25) is 0 Å². The standard InChI is InChI=1S/C63H42/c1-63(2)59-36-44(48-32-33-52(51-22-10-9-21-49(48)51)50-25-13-19-41-16-7-8-20-47(41)50)30-31-53(59)56-37-57-58(38-60(56)63)62(46-29-27-40-15-4-6-18-43(40)35-46)55-24-12-11-23-54(55)61(57)45-28-26-39-14-3-5-17-42(39)34-45/h3-38H,1-2H3. The molecule has 294 valence electrons. The fourth-order valence-corrected chi connectivity index (χ4v) is 11.1.